The van der Waals surface area contributed by atoms with E-state index in [1.165, 1.54) is 16.3 Å². The molecule has 0 unspecified atom stereocenters. The second kappa shape index (κ2) is 6.20. The summed E-state index contributed by atoms with van der Waals surface area (Å²) in [5.41, 5.74) is 0.748. The molecule has 2 aromatic rings. The van der Waals surface area contributed by atoms with Crippen LogP contribution < -0.4 is 5.32 Å². The number of nitrogens with one attached hydrogen (secondary N) is 1. The summed E-state index contributed by atoms with van der Waals surface area (Å²) in [7, 11) is 0. The highest BCUT2D eigenvalue weighted by molar-refractivity contribution is 5.83. The zero-order valence-electron chi connectivity index (χ0n) is 14.0. The van der Waals surface area contributed by atoms with Gasteiger partial charge in [-0.2, -0.15) is 0 Å². The summed E-state index contributed by atoms with van der Waals surface area (Å²) < 4.78 is 5.49. The van der Waals surface area contributed by atoms with Crippen molar-refractivity contribution in [3.05, 3.63) is 48.0 Å². The molecular formula is C19H24N2O2. The van der Waals surface area contributed by atoms with Crippen LogP contribution in [0.25, 0.3) is 10.8 Å². The normalized spacial score (nSPS) is 18.9. The third-order valence-electron chi connectivity index (χ3n) is 4.00. The lowest BCUT2D eigenvalue weighted by molar-refractivity contribution is 0.0195. The van der Waals surface area contributed by atoms with Crippen LogP contribution in [-0.2, 0) is 4.74 Å². The SMILES string of the molecule is CC(C)(C)OC(=O)N1CCN[C@@H](c2ccc3ccccc3c2)C1. The van der Waals surface area contributed by atoms with Crippen LogP contribution in [-0.4, -0.2) is 36.2 Å². The molecule has 23 heavy (non-hydrogen) atoms. The molecule has 0 radical (unpaired) electrons. The molecule has 1 saturated heterocycles. The highest BCUT2D eigenvalue weighted by Gasteiger charge is 2.28. The van der Waals surface area contributed by atoms with Gasteiger partial charge in [0.1, 0.15) is 5.60 Å². The zero-order valence-corrected chi connectivity index (χ0v) is 14.0. The Kier molecular flexibility index (Phi) is 4.26. The van der Waals surface area contributed by atoms with Gasteiger partial charge in [-0.1, -0.05) is 36.4 Å². The minimum atomic E-state index is -0.458. The van der Waals surface area contributed by atoms with E-state index in [1.54, 1.807) is 4.90 Å². The first-order valence-electron chi connectivity index (χ1n) is 8.12. The number of carbonyl (C=O) groups excluding carboxylic acids is 1. The molecule has 4 nitrogen and oxygen atoms in total. The van der Waals surface area contributed by atoms with Crippen LogP contribution in [0.1, 0.15) is 32.4 Å². The van der Waals surface area contributed by atoms with Crippen LogP contribution in [0.15, 0.2) is 42.5 Å². The van der Waals surface area contributed by atoms with Gasteiger partial charge in [0, 0.05) is 19.6 Å². The molecule has 0 bridgehead atoms. The third-order valence-corrected chi connectivity index (χ3v) is 4.00. The van der Waals surface area contributed by atoms with E-state index in [9.17, 15) is 4.79 Å². The number of ether oxygens (including phenoxy) is 1. The van der Waals surface area contributed by atoms with Crippen LogP contribution in [0.2, 0.25) is 0 Å². The summed E-state index contributed by atoms with van der Waals surface area (Å²) in [6.07, 6.45) is -0.232. The van der Waals surface area contributed by atoms with Gasteiger partial charge in [-0.05, 0) is 43.2 Å². The molecule has 1 amide bonds. The predicted octanol–water partition coefficient (Wildman–Crippen LogP) is 3.72. The molecule has 0 saturated carbocycles. The van der Waals surface area contributed by atoms with Gasteiger partial charge in [0.05, 0.1) is 6.04 Å². The smallest absolute Gasteiger partial charge is 0.410 e. The Labute approximate surface area is 137 Å². The topological polar surface area (TPSA) is 41.6 Å². The van der Waals surface area contributed by atoms with Gasteiger partial charge in [0.2, 0.25) is 0 Å². The fourth-order valence-corrected chi connectivity index (χ4v) is 2.89. The van der Waals surface area contributed by atoms with Crippen molar-refractivity contribution in [1.29, 1.82) is 0 Å². The first kappa shape index (κ1) is 15.8. The zero-order chi connectivity index (χ0) is 16.4. The van der Waals surface area contributed by atoms with Crippen LogP contribution >= 0.6 is 0 Å². The highest BCUT2D eigenvalue weighted by atomic mass is 16.6. The molecular weight excluding hydrogens is 288 g/mol. The quantitative estimate of drug-likeness (QED) is 0.872. The molecule has 1 fully saturated rings. The minimum absolute atomic E-state index is 0.140. The summed E-state index contributed by atoms with van der Waals surface area (Å²) >= 11 is 0. The average molecular weight is 312 g/mol. The number of nitrogens with zero attached hydrogens (tertiary/aromatic N) is 1. The average Bonchev–Trinajstić information content (AvgIpc) is 2.53. The number of hydrogen-bond donors (Lipinski definition) is 1. The second-order valence-electron chi connectivity index (χ2n) is 7.04. The Bertz CT molecular complexity index is 706. The van der Waals surface area contributed by atoms with Gasteiger partial charge in [0.25, 0.3) is 0 Å². The monoisotopic (exact) mass is 312 g/mol. The maximum absolute atomic E-state index is 12.3. The molecule has 0 aliphatic carbocycles. The summed E-state index contributed by atoms with van der Waals surface area (Å²) in [6, 6.07) is 14.9. The molecule has 1 atom stereocenters. The van der Waals surface area contributed by atoms with E-state index in [0.717, 1.165) is 6.54 Å². The fourth-order valence-electron chi connectivity index (χ4n) is 2.89. The van der Waals surface area contributed by atoms with Crippen molar-refractivity contribution in [2.24, 2.45) is 0 Å². The lowest BCUT2D eigenvalue weighted by atomic mass is 10.0. The Morgan fingerprint density at radius 3 is 2.65 bits per heavy atom. The first-order valence-corrected chi connectivity index (χ1v) is 8.12. The predicted molar refractivity (Wildman–Crippen MR) is 92.5 cm³/mol. The van der Waals surface area contributed by atoms with E-state index < -0.39 is 5.60 Å². The van der Waals surface area contributed by atoms with E-state index >= 15 is 0 Å². The van der Waals surface area contributed by atoms with Crippen LogP contribution in [0.4, 0.5) is 4.79 Å². The molecule has 122 valence electrons. The summed E-state index contributed by atoms with van der Waals surface area (Å²) in [6.45, 7) is 7.78. The van der Waals surface area contributed by atoms with Gasteiger partial charge >= 0.3 is 6.09 Å². The van der Waals surface area contributed by atoms with E-state index in [4.69, 9.17) is 4.74 Å². The van der Waals surface area contributed by atoms with E-state index in [0.29, 0.717) is 13.1 Å². The number of amides is 1. The van der Waals surface area contributed by atoms with Crippen molar-refractivity contribution in [1.82, 2.24) is 10.2 Å². The van der Waals surface area contributed by atoms with Crippen LogP contribution in [0.3, 0.4) is 0 Å². The van der Waals surface area contributed by atoms with Crippen LogP contribution in [0, 0.1) is 0 Å². The molecule has 4 heteroatoms. The van der Waals surface area contributed by atoms with Gasteiger partial charge in [-0.3, -0.25) is 0 Å². The Morgan fingerprint density at radius 2 is 1.91 bits per heavy atom. The number of fused-ring (bicyclic) bond motifs is 1. The van der Waals surface area contributed by atoms with Gasteiger partial charge in [-0.15, -0.1) is 0 Å². The Morgan fingerprint density at radius 1 is 1.17 bits per heavy atom. The van der Waals surface area contributed by atoms with Crippen molar-refractivity contribution in [2.75, 3.05) is 19.6 Å². The Hall–Kier alpha value is -2.07. The molecule has 1 N–H and O–H groups in total. The maximum atomic E-state index is 12.3. The molecule has 0 aromatic heterocycles. The lowest BCUT2D eigenvalue weighted by Crippen LogP contribution is -2.49. The summed E-state index contributed by atoms with van der Waals surface area (Å²) in [5.74, 6) is 0. The molecule has 3 rings (SSSR count). The number of benzene rings is 2. The molecule has 2 aromatic carbocycles. The number of rotatable bonds is 1. The third kappa shape index (κ3) is 3.82. The van der Waals surface area contributed by atoms with Gasteiger partial charge < -0.3 is 15.0 Å². The number of piperazine rings is 1. The van der Waals surface area contributed by atoms with Gasteiger partial charge in [-0.25, -0.2) is 4.79 Å². The number of carbonyl (C=O) groups is 1. The standard InChI is InChI=1S/C19H24N2O2/c1-19(2,3)23-18(22)21-11-10-20-17(13-21)16-9-8-14-6-4-5-7-15(14)12-16/h4-9,12,17,20H,10-11,13H2,1-3H3/t17-/m1/s1. The lowest BCUT2D eigenvalue weighted by Gasteiger charge is -2.35. The molecule has 1 heterocycles. The van der Waals surface area contributed by atoms with Crippen molar-refractivity contribution < 1.29 is 9.53 Å². The van der Waals surface area contributed by atoms with E-state index in [-0.39, 0.29) is 12.1 Å². The van der Waals surface area contributed by atoms with Crippen molar-refractivity contribution in [3.8, 4) is 0 Å². The molecule has 1 aliphatic heterocycles. The largest absolute Gasteiger partial charge is 0.444 e. The molecule has 1 aliphatic rings. The van der Waals surface area contributed by atoms with Crippen molar-refractivity contribution >= 4 is 16.9 Å². The van der Waals surface area contributed by atoms with Crippen molar-refractivity contribution in [2.45, 2.75) is 32.4 Å². The molecule has 0 spiro atoms. The van der Waals surface area contributed by atoms with E-state index in [2.05, 4.69) is 35.6 Å². The Balaban J connectivity index is 1.75. The second-order valence-corrected chi connectivity index (χ2v) is 7.04. The van der Waals surface area contributed by atoms with Crippen molar-refractivity contribution in [3.63, 3.8) is 0 Å². The number of hydrogen-bond acceptors (Lipinski definition) is 3. The highest BCUT2D eigenvalue weighted by Crippen LogP contribution is 2.23. The maximum Gasteiger partial charge on any atom is 0.410 e. The first-order chi connectivity index (χ1) is 10.9. The van der Waals surface area contributed by atoms with Gasteiger partial charge in [0.15, 0.2) is 0 Å². The van der Waals surface area contributed by atoms with E-state index in [1.807, 2.05) is 32.9 Å². The summed E-state index contributed by atoms with van der Waals surface area (Å²) in [4.78, 5) is 14.1. The van der Waals surface area contributed by atoms with Crippen LogP contribution in [0.5, 0.6) is 0 Å². The summed E-state index contributed by atoms with van der Waals surface area (Å²) in [5, 5.41) is 5.95. The fraction of sp³-hybridized carbons (Fsp3) is 0.421. The minimum Gasteiger partial charge on any atom is -0.444 e.